The highest BCUT2D eigenvalue weighted by Gasteiger charge is 2.34. The van der Waals surface area contributed by atoms with E-state index in [-0.39, 0.29) is 6.61 Å². The number of aliphatic hydroxyl groups excluding tert-OH is 3. The number of nitrogen functional groups attached to an aromatic ring is 1. The molecular weight excluding hydrogens is 276 g/mol. The number of hydrogen-bond acceptors (Lipinski definition) is 7. The van der Waals surface area contributed by atoms with Crippen LogP contribution in [-0.2, 0) is 4.74 Å². The fourth-order valence-corrected chi connectivity index (χ4v) is 2.49. The Bertz CT molecular complexity index is 684. The van der Waals surface area contributed by atoms with E-state index in [0.29, 0.717) is 22.6 Å². The van der Waals surface area contributed by atoms with Gasteiger partial charge in [-0.1, -0.05) is 6.08 Å². The van der Waals surface area contributed by atoms with Crippen LogP contribution in [0.15, 0.2) is 24.5 Å². The Morgan fingerprint density at radius 2 is 2.29 bits per heavy atom. The van der Waals surface area contributed by atoms with Crippen molar-refractivity contribution >= 4 is 16.9 Å². The number of fused-ring (bicyclic) bond motifs is 1. The molecule has 2 aromatic rings. The summed E-state index contributed by atoms with van der Waals surface area (Å²) in [6.45, 7) is -0.263. The van der Waals surface area contributed by atoms with Gasteiger partial charge in [0.2, 0.25) is 0 Å². The minimum atomic E-state index is -1.16. The van der Waals surface area contributed by atoms with Crippen LogP contribution in [0.4, 0.5) is 5.82 Å². The van der Waals surface area contributed by atoms with E-state index < -0.39 is 24.9 Å². The molecule has 0 spiro atoms. The molecule has 3 heterocycles. The summed E-state index contributed by atoms with van der Waals surface area (Å²) >= 11 is 0. The van der Waals surface area contributed by atoms with Crippen LogP contribution in [0.25, 0.3) is 11.1 Å². The van der Waals surface area contributed by atoms with E-state index in [1.807, 2.05) is 0 Å². The molecule has 8 heteroatoms. The maximum absolute atomic E-state index is 10.4. The van der Waals surface area contributed by atoms with Crippen molar-refractivity contribution < 1.29 is 20.1 Å². The van der Waals surface area contributed by atoms with Crippen LogP contribution in [-0.4, -0.2) is 61.4 Å². The van der Waals surface area contributed by atoms with Crippen molar-refractivity contribution in [3.8, 4) is 0 Å². The zero-order valence-electron chi connectivity index (χ0n) is 11.1. The summed E-state index contributed by atoms with van der Waals surface area (Å²) in [5.41, 5.74) is 7.62. The van der Waals surface area contributed by atoms with Crippen LogP contribution in [0.2, 0.25) is 0 Å². The molecule has 2 aromatic heterocycles. The van der Waals surface area contributed by atoms with Gasteiger partial charge in [-0.05, 0) is 12.1 Å². The second-order valence-electron chi connectivity index (χ2n) is 4.81. The first kappa shape index (κ1) is 14.0. The highest BCUT2D eigenvalue weighted by atomic mass is 16.5. The van der Waals surface area contributed by atoms with Crippen LogP contribution < -0.4 is 5.73 Å². The van der Waals surface area contributed by atoms with Gasteiger partial charge in [0.25, 0.3) is 0 Å². The largest absolute Gasteiger partial charge is 0.394 e. The predicted octanol–water partition coefficient (Wildman–Crippen LogP) is -1.19. The van der Waals surface area contributed by atoms with Crippen molar-refractivity contribution in [1.82, 2.24) is 14.6 Å². The molecule has 21 heavy (non-hydrogen) atoms. The van der Waals surface area contributed by atoms with Gasteiger partial charge in [-0.15, -0.1) is 0 Å². The second-order valence-corrected chi connectivity index (χ2v) is 4.81. The van der Waals surface area contributed by atoms with Crippen molar-refractivity contribution in [1.29, 1.82) is 0 Å². The van der Waals surface area contributed by atoms with Gasteiger partial charge in [0.15, 0.2) is 5.82 Å². The molecule has 0 amide bonds. The zero-order valence-corrected chi connectivity index (χ0v) is 11.1. The summed E-state index contributed by atoms with van der Waals surface area (Å²) in [5.74, 6) is 0.338. The van der Waals surface area contributed by atoms with E-state index in [2.05, 4.69) is 10.1 Å². The van der Waals surface area contributed by atoms with Crippen molar-refractivity contribution in [2.24, 2.45) is 0 Å². The summed E-state index contributed by atoms with van der Waals surface area (Å²) in [5, 5.41) is 33.2. The van der Waals surface area contributed by atoms with Crippen molar-refractivity contribution in [2.75, 3.05) is 18.9 Å². The maximum atomic E-state index is 10.4. The molecule has 8 nitrogen and oxygen atoms in total. The number of anilines is 1. The van der Waals surface area contributed by atoms with Crippen LogP contribution in [0, 0.1) is 0 Å². The van der Waals surface area contributed by atoms with E-state index in [1.165, 1.54) is 6.33 Å². The van der Waals surface area contributed by atoms with Gasteiger partial charge in [-0.25, -0.2) is 9.50 Å². The predicted molar refractivity (Wildman–Crippen MR) is 74.2 cm³/mol. The van der Waals surface area contributed by atoms with Crippen molar-refractivity contribution in [2.45, 2.75) is 18.3 Å². The number of aliphatic hydroxyl groups is 3. The third kappa shape index (κ3) is 2.28. The summed E-state index contributed by atoms with van der Waals surface area (Å²) in [6.07, 6.45) is -0.0757. The summed E-state index contributed by atoms with van der Waals surface area (Å²) in [4.78, 5) is 3.91. The first-order chi connectivity index (χ1) is 10.1. The Hall–Kier alpha value is -2.00. The Morgan fingerprint density at radius 3 is 3.05 bits per heavy atom. The summed E-state index contributed by atoms with van der Waals surface area (Å²) in [6, 6.07) is 3.52. The molecule has 5 N–H and O–H groups in total. The average molecular weight is 292 g/mol. The van der Waals surface area contributed by atoms with Gasteiger partial charge in [0.1, 0.15) is 30.2 Å². The van der Waals surface area contributed by atoms with Crippen LogP contribution in [0.1, 0.15) is 5.69 Å². The van der Waals surface area contributed by atoms with Gasteiger partial charge in [-0.3, -0.25) is 0 Å². The molecule has 112 valence electrons. The Morgan fingerprint density at radius 1 is 1.48 bits per heavy atom. The molecule has 0 aromatic carbocycles. The lowest BCUT2D eigenvalue weighted by atomic mass is 9.96. The lowest BCUT2D eigenvalue weighted by molar-refractivity contribution is -0.0948. The molecule has 1 aliphatic heterocycles. The number of rotatable bonds is 3. The smallest absolute Gasteiger partial charge is 0.151 e. The van der Waals surface area contributed by atoms with E-state index >= 15 is 0 Å². The first-order valence-corrected chi connectivity index (χ1v) is 6.50. The monoisotopic (exact) mass is 292 g/mol. The fraction of sp³-hybridized carbons (Fsp3) is 0.385. The van der Waals surface area contributed by atoms with Crippen molar-refractivity contribution in [3.05, 3.63) is 30.2 Å². The molecule has 1 unspecified atom stereocenters. The summed E-state index contributed by atoms with van der Waals surface area (Å²) in [7, 11) is 0. The number of hydrogen-bond donors (Lipinski definition) is 4. The highest BCUT2D eigenvalue weighted by molar-refractivity contribution is 5.75. The molecule has 0 fully saturated rings. The minimum Gasteiger partial charge on any atom is -0.394 e. The molecule has 1 aliphatic rings. The normalized spacial score (nSPS) is 24.0. The zero-order chi connectivity index (χ0) is 15.0. The topological polar surface area (TPSA) is 126 Å². The maximum Gasteiger partial charge on any atom is 0.151 e. The third-order valence-electron chi connectivity index (χ3n) is 3.57. The van der Waals surface area contributed by atoms with E-state index in [9.17, 15) is 10.2 Å². The molecule has 0 bridgehead atoms. The standard InChI is InChI=1S/C13H16N4O4/c14-13-9-2-1-8(17(9)16-6-15-13)7-3-4-21-12(11(7)20)10(19)5-18/h1-3,6,10-12,18-20H,4-5H2,(H2,14,15,16)/t10?,11-,12+/m0/s1. The molecule has 3 atom stereocenters. The van der Waals surface area contributed by atoms with Gasteiger partial charge < -0.3 is 25.8 Å². The Balaban J connectivity index is 2.02. The number of aromatic nitrogens is 3. The van der Waals surface area contributed by atoms with E-state index in [1.54, 1.807) is 22.7 Å². The second kappa shape index (κ2) is 5.41. The van der Waals surface area contributed by atoms with Crippen LogP contribution >= 0.6 is 0 Å². The lowest BCUT2D eigenvalue weighted by Crippen LogP contribution is -2.44. The van der Waals surface area contributed by atoms with Crippen LogP contribution in [0.5, 0.6) is 0 Å². The number of nitrogens with zero attached hydrogens (tertiary/aromatic N) is 3. The third-order valence-corrected chi connectivity index (χ3v) is 3.57. The molecule has 0 saturated carbocycles. The molecule has 0 saturated heterocycles. The summed E-state index contributed by atoms with van der Waals surface area (Å²) < 4.78 is 6.88. The van der Waals surface area contributed by atoms with Gasteiger partial charge >= 0.3 is 0 Å². The van der Waals surface area contributed by atoms with Gasteiger partial charge in [-0.2, -0.15) is 5.10 Å². The SMILES string of the molecule is Nc1ncnn2c(C3=CCO[C@H](C(O)CO)[C@H]3O)ccc12. The van der Waals surface area contributed by atoms with E-state index in [4.69, 9.17) is 15.6 Å². The Labute approximate surface area is 120 Å². The number of ether oxygens (including phenoxy) is 1. The van der Waals surface area contributed by atoms with Gasteiger partial charge in [0, 0.05) is 5.57 Å². The quantitative estimate of drug-likeness (QED) is 0.560. The molecule has 3 rings (SSSR count). The molecule has 0 aliphatic carbocycles. The molecule has 0 radical (unpaired) electrons. The minimum absolute atomic E-state index is 0.224. The average Bonchev–Trinajstić information content (AvgIpc) is 2.92. The highest BCUT2D eigenvalue weighted by Crippen LogP contribution is 2.28. The van der Waals surface area contributed by atoms with Crippen LogP contribution in [0.3, 0.4) is 0 Å². The Kier molecular flexibility index (Phi) is 3.60. The fourth-order valence-electron chi connectivity index (χ4n) is 2.49. The van der Waals surface area contributed by atoms with Gasteiger partial charge in [0.05, 0.1) is 18.9 Å². The number of nitrogens with two attached hydrogens (primary N) is 1. The molecular formula is C13H16N4O4. The lowest BCUT2D eigenvalue weighted by Gasteiger charge is -2.31. The van der Waals surface area contributed by atoms with Crippen molar-refractivity contribution in [3.63, 3.8) is 0 Å². The first-order valence-electron chi connectivity index (χ1n) is 6.50. The van der Waals surface area contributed by atoms with E-state index in [0.717, 1.165) is 0 Å².